The molecular formula is C19H17ClN6O. The molecule has 0 fully saturated rings. The molecule has 4 aromatic heterocycles. The first-order valence-corrected chi connectivity index (χ1v) is 8.74. The van der Waals surface area contributed by atoms with E-state index in [0.717, 1.165) is 27.7 Å². The third kappa shape index (κ3) is 3.98. The quantitative estimate of drug-likeness (QED) is 0.531. The third-order valence-corrected chi connectivity index (χ3v) is 4.35. The van der Waals surface area contributed by atoms with Crippen LogP contribution in [0.5, 0.6) is 5.88 Å². The van der Waals surface area contributed by atoms with Gasteiger partial charge in [-0.05, 0) is 28.8 Å². The summed E-state index contributed by atoms with van der Waals surface area (Å²) in [6, 6.07) is 5.70. The Morgan fingerprint density at radius 1 is 1.07 bits per heavy atom. The van der Waals surface area contributed by atoms with Crippen molar-refractivity contribution in [3.05, 3.63) is 70.9 Å². The zero-order valence-corrected chi connectivity index (χ0v) is 15.4. The number of rotatable bonds is 6. The lowest BCUT2D eigenvalue weighted by Crippen LogP contribution is -2.04. The minimum absolute atomic E-state index is 0.568. The van der Waals surface area contributed by atoms with Crippen LogP contribution in [0.4, 0.5) is 5.95 Å². The highest BCUT2D eigenvalue weighted by atomic mass is 35.5. The first-order chi connectivity index (χ1) is 13.2. The second-order valence-corrected chi connectivity index (χ2v) is 6.45. The summed E-state index contributed by atoms with van der Waals surface area (Å²) >= 11 is 6.05. The van der Waals surface area contributed by atoms with Gasteiger partial charge in [0.15, 0.2) is 0 Å². The number of halogens is 1. The Morgan fingerprint density at radius 3 is 2.74 bits per heavy atom. The Kier molecular flexibility index (Phi) is 4.84. The SMILES string of the molecule is COc1cc(CNc2ncc(Cc3c[nH]c4ncc(Cl)cc34)cn2)ccn1. The summed E-state index contributed by atoms with van der Waals surface area (Å²) in [6.07, 6.45) is 9.62. The van der Waals surface area contributed by atoms with Crippen LogP contribution in [-0.2, 0) is 13.0 Å². The highest BCUT2D eigenvalue weighted by molar-refractivity contribution is 6.31. The van der Waals surface area contributed by atoms with Gasteiger partial charge in [0.25, 0.3) is 0 Å². The number of aromatic amines is 1. The summed E-state index contributed by atoms with van der Waals surface area (Å²) in [6.45, 7) is 0.588. The van der Waals surface area contributed by atoms with Gasteiger partial charge in [-0.1, -0.05) is 11.6 Å². The molecule has 7 nitrogen and oxygen atoms in total. The fourth-order valence-electron chi connectivity index (χ4n) is 2.79. The van der Waals surface area contributed by atoms with Crippen molar-refractivity contribution in [3.63, 3.8) is 0 Å². The number of aromatic nitrogens is 5. The molecule has 0 aliphatic heterocycles. The van der Waals surface area contributed by atoms with Crippen molar-refractivity contribution in [2.45, 2.75) is 13.0 Å². The van der Waals surface area contributed by atoms with E-state index in [0.29, 0.717) is 29.8 Å². The minimum Gasteiger partial charge on any atom is -0.481 e. The molecule has 4 rings (SSSR count). The highest BCUT2D eigenvalue weighted by Gasteiger charge is 2.07. The Labute approximate surface area is 160 Å². The monoisotopic (exact) mass is 380 g/mol. The lowest BCUT2D eigenvalue weighted by Gasteiger charge is -2.07. The zero-order valence-electron chi connectivity index (χ0n) is 14.6. The second kappa shape index (κ2) is 7.59. The van der Waals surface area contributed by atoms with Gasteiger partial charge in [-0.2, -0.15) is 0 Å². The van der Waals surface area contributed by atoms with E-state index in [2.05, 4.69) is 30.2 Å². The molecular weight excluding hydrogens is 364 g/mol. The number of nitrogens with zero attached hydrogens (tertiary/aromatic N) is 4. The lowest BCUT2D eigenvalue weighted by atomic mass is 10.1. The van der Waals surface area contributed by atoms with Gasteiger partial charge in [0.2, 0.25) is 11.8 Å². The van der Waals surface area contributed by atoms with Crippen molar-refractivity contribution < 1.29 is 4.74 Å². The van der Waals surface area contributed by atoms with Crippen LogP contribution >= 0.6 is 11.6 Å². The molecule has 0 aliphatic rings. The Bertz CT molecular complexity index is 1060. The summed E-state index contributed by atoms with van der Waals surface area (Å²) in [4.78, 5) is 20.3. The average Bonchev–Trinajstić information content (AvgIpc) is 3.09. The van der Waals surface area contributed by atoms with Crippen molar-refractivity contribution in [1.29, 1.82) is 0 Å². The maximum absolute atomic E-state index is 6.05. The lowest BCUT2D eigenvalue weighted by molar-refractivity contribution is 0.397. The summed E-state index contributed by atoms with van der Waals surface area (Å²) in [7, 11) is 1.60. The molecule has 0 aliphatic carbocycles. The van der Waals surface area contributed by atoms with Crippen LogP contribution < -0.4 is 10.1 Å². The molecule has 136 valence electrons. The predicted molar refractivity (Wildman–Crippen MR) is 104 cm³/mol. The van der Waals surface area contributed by atoms with E-state index < -0.39 is 0 Å². The molecule has 0 aromatic carbocycles. The van der Waals surface area contributed by atoms with Crippen LogP contribution in [0.2, 0.25) is 5.02 Å². The van der Waals surface area contributed by atoms with Gasteiger partial charge in [0.1, 0.15) is 5.65 Å². The second-order valence-electron chi connectivity index (χ2n) is 6.02. The van der Waals surface area contributed by atoms with Gasteiger partial charge >= 0.3 is 0 Å². The topological polar surface area (TPSA) is 88.6 Å². The van der Waals surface area contributed by atoms with Crippen molar-refractivity contribution in [2.24, 2.45) is 0 Å². The van der Waals surface area contributed by atoms with Crippen LogP contribution in [0.3, 0.4) is 0 Å². The molecule has 0 radical (unpaired) electrons. The van der Waals surface area contributed by atoms with Crippen molar-refractivity contribution >= 4 is 28.6 Å². The fourth-order valence-corrected chi connectivity index (χ4v) is 2.95. The van der Waals surface area contributed by atoms with E-state index in [1.807, 2.05) is 36.8 Å². The molecule has 0 amide bonds. The molecule has 0 spiro atoms. The molecule has 0 bridgehead atoms. The van der Waals surface area contributed by atoms with E-state index in [1.54, 1.807) is 19.5 Å². The van der Waals surface area contributed by atoms with E-state index >= 15 is 0 Å². The minimum atomic E-state index is 0.568. The molecule has 0 unspecified atom stereocenters. The molecule has 0 atom stereocenters. The van der Waals surface area contributed by atoms with Gasteiger partial charge in [-0.3, -0.25) is 0 Å². The number of H-pyrrole nitrogens is 1. The Balaban J connectivity index is 1.43. The van der Waals surface area contributed by atoms with Crippen LogP contribution in [0.1, 0.15) is 16.7 Å². The van der Waals surface area contributed by atoms with Gasteiger partial charge in [-0.15, -0.1) is 0 Å². The first kappa shape index (κ1) is 17.2. The number of anilines is 1. The number of hydrogen-bond acceptors (Lipinski definition) is 6. The number of hydrogen-bond donors (Lipinski definition) is 2. The number of ether oxygens (including phenoxy) is 1. The molecule has 27 heavy (non-hydrogen) atoms. The average molecular weight is 381 g/mol. The van der Waals surface area contributed by atoms with Gasteiger partial charge in [-0.25, -0.2) is 19.9 Å². The zero-order chi connectivity index (χ0) is 18.6. The maximum Gasteiger partial charge on any atom is 0.222 e. The molecule has 4 aromatic rings. The summed E-state index contributed by atoms with van der Waals surface area (Å²) in [5.41, 5.74) is 3.97. The smallest absolute Gasteiger partial charge is 0.222 e. The Morgan fingerprint density at radius 2 is 1.93 bits per heavy atom. The van der Waals surface area contributed by atoms with Gasteiger partial charge < -0.3 is 15.0 Å². The molecule has 0 saturated carbocycles. The highest BCUT2D eigenvalue weighted by Crippen LogP contribution is 2.22. The number of pyridine rings is 2. The van der Waals surface area contributed by atoms with Crippen molar-refractivity contribution in [3.8, 4) is 5.88 Å². The maximum atomic E-state index is 6.05. The largest absolute Gasteiger partial charge is 0.481 e. The van der Waals surface area contributed by atoms with Crippen LogP contribution in [0.25, 0.3) is 11.0 Å². The summed E-state index contributed by atoms with van der Waals surface area (Å²) in [5.74, 6) is 1.15. The predicted octanol–water partition coefficient (Wildman–Crippen LogP) is 3.61. The molecule has 0 saturated heterocycles. The van der Waals surface area contributed by atoms with E-state index in [4.69, 9.17) is 16.3 Å². The van der Waals surface area contributed by atoms with Gasteiger partial charge in [0, 0.05) is 55.4 Å². The van der Waals surface area contributed by atoms with Crippen molar-refractivity contribution in [2.75, 3.05) is 12.4 Å². The molecule has 8 heteroatoms. The number of nitrogens with one attached hydrogen (secondary N) is 2. The van der Waals surface area contributed by atoms with E-state index in [9.17, 15) is 0 Å². The normalized spacial score (nSPS) is 10.9. The molecule has 2 N–H and O–H groups in total. The fraction of sp³-hybridized carbons (Fsp3) is 0.158. The van der Waals surface area contributed by atoms with Crippen LogP contribution in [0, 0.1) is 0 Å². The standard InChI is InChI=1S/C19H17ClN6O/c1-27-17-5-12(2-3-21-17)7-24-19-25-8-13(9-26-19)4-14-10-22-18-16(14)6-15(20)11-23-18/h2-3,5-6,8-11H,4,7H2,1H3,(H,22,23)(H,24,25,26). The van der Waals surface area contributed by atoms with Crippen molar-refractivity contribution in [1.82, 2.24) is 24.9 Å². The molecule has 4 heterocycles. The summed E-state index contributed by atoms with van der Waals surface area (Å²) in [5, 5.41) is 4.82. The number of fused-ring (bicyclic) bond motifs is 1. The van der Waals surface area contributed by atoms with E-state index in [-0.39, 0.29) is 0 Å². The van der Waals surface area contributed by atoms with Crippen LogP contribution in [0.15, 0.2) is 49.2 Å². The van der Waals surface area contributed by atoms with Gasteiger partial charge in [0.05, 0.1) is 12.1 Å². The Hall–Kier alpha value is -3.19. The van der Waals surface area contributed by atoms with Crippen LogP contribution in [-0.4, -0.2) is 32.0 Å². The number of methoxy groups -OCH3 is 1. The third-order valence-electron chi connectivity index (χ3n) is 4.14. The summed E-state index contributed by atoms with van der Waals surface area (Å²) < 4.78 is 5.13. The van der Waals surface area contributed by atoms with E-state index in [1.165, 1.54) is 0 Å². The first-order valence-electron chi connectivity index (χ1n) is 8.36.